The maximum Gasteiger partial charge on any atom is 0.338 e. The molecule has 2 rings (SSSR count). The molecule has 0 unspecified atom stereocenters. The van der Waals surface area contributed by atoms with E-state index in [0.29, 0.717) is 11.3 Å². The first-order valence-electron chi connectivity index (χ1n) is 7.01. The molecule has 0 heterocycles. The van der Waals surface area contributed by atoms with Crippen LogP contribution in [-0.4, -0.2) is 30.3 Å². The van der Waals surface area contributed by atoms with Gasteiger partial charge in [-0.15, -0.1) is 0 Å². The Balaban J connectivity index is 1.85. The Morgan fingerprint density at radius 3 is 2.41 bits per heavy atom. The summed E-state index contributed by atoms with van der Waals surface area (Å²) in [7, 11) is 0. The van der Waals surface area contributed by atoms with E-state index in [-0.39, 0.29) is 19.8 Å². The molecule has 0 aliphatic heterocycles. The third-order valence-corrected chi connectivity index (χ3v) is 3.02. The fourth-order valence-corrected chi connectivity index (χ4v) is 1.75. The molecule has 0 radical (unpaired) electrons. The SMILES string of the molecule is NC[C@H](O)COc1ccc(C(=O)OCc2ccccc2)cc1. The zero-order valence-corrected chi connectivity index (χ0v) is 12.1. The zero-order valence-electron chi connectivity index (χ0n) is 12.1. The van der Waals surface area contributed by atoms with Crippen molar-refractivity contribution in [3.05, 3.63) is 65.7 Å². The van der Waals surface area contributed by atoms with Crippen LogP contribution in [0.2, 0.25) is 0 Å². The van der Waals surface area contributed by atoms with Crippen LogP contribution in [0.5, 0.6) is 5.75 Å². The predicted octanol–water partition coefficient (Wildman–Crippen LogP) is 1.74. The lowest BCUT2D eigenvalue weighted by atomic mass is 10.2. The Morgan fingerprint density at radius 1 is 1.09 bits per heavy atom. The van der Waals surface area contributed by atoms with E-state index in [0.717, 1.165) is 5.56 Å². The van der Waals surface area contributed by atoms with Gasteiger partial charge < -0.3 is 20.3 Å². The van der Waals surface area contributed by atoms with E-state index in [2.05, 4.69) is 0 Å². The quantitative estimate of drug-likeness (QED) is 0.761. The van der Waals surface area contributed by atoms with Crippen LogP contribution < -0.4 is 10.5 Å². The van der Waals surface area contributed by atoms with Crippen LogP contribution in [0, 0.1) is 0 Å². The van der Waals surface area contributed by atoms with Crippen LogP contribution in [-0.2, 0) is 11.3 Å². The number of rotatable bonds is 7. The van der Waals surface area contributed by atoms with Crippen molar-refractivity contribution < 1.29 is 19.4 Å². The summed E-state index contributed by atoms with van der Waals surface area (Å²) in [5.74, 6) is 0.171. The molecule has 22 heavy (non-hydrogen) atoms. The molecule has 0 fully saturated rings. The minimum Gasteiger partial charge on any atom is -0.491 e. The first-order chi connectivity index (χ1) is 10.7. The number of hydrogen-bond acceptors (Lipinski definition) is 5. The third kappa shape index (κ3) is 4.87. The van der Waals surface area contributed by atoms with E-state index in [4.69, 9.17) is 15.2 Å². The number of ether oxygens (including phenoxy) is 2. The fraction of sp³-hybridized carbons (Fsp3) is 0.235. The Bertz CT molecular complexity index is 583. The highest BCUT2D eigenvalue weighted by molar-refractivity contribution is 5.89. The van der Waals surface area contributed by atoms with E-state index in [9.17, 15) is 9.90 Å². The van der Waals surface area contributed by atoms with Crippen molar-refractivity contribution >= 4 is 5.97 Å². The van der Waals surface area contributed by atoms with Gasteiger partial charge in [-0.25, -0.2) is 4.79 Å². The second kappa shape index (κ2) is 8.17. The molecule has 3 N–H and O–H groups in total. The van der Waals surface area contributed by atoms with Gasteiger partial charge in [0.25, 0.3) is 0 Å². The van der Waals surface area contributed by atoms with Crippen molar-refractivity contribution in [3.63, 3.8) is 0 Å². The predicted molar refractivity (Wildman–Crippen MR) is 82.6 cm³/mol. The summed E-state index contributed by atoms with van der Waals surface area (Å²) < 4.78 is 10.6. The summed E-state index contributed by atoms with van der Waals surface area (Å²) in [4.78, 5) is 11.9. The summed E-state index contributed by atoms with van der Waals surface area (Å²) in [6, 6.07) is 16.0. The third-order valence-electron chi connectivity index (χ3n) is 3.02. The maximum atomic E-state index is 11.9. The van der Waals surface area contributed by atoms with E-state index < -0.39 is 12.1 Å². The van der Waals surface area contributed by atoms with Crippen molar-refractivity contribution in [3.8, 4) is 5.75 Å². The van der Waals surface area contributed by atoms with Gasteiger partial charge in [0.2, 0.25) is 0 Å². The smallest absolute Gasteiger partial charge is 0.338 e. The van der Waals surface area contributed by atoms with Crippen molar-refractivity contribution in [2.45, 2.75) is 12.7 Å². The zero-order chi connectivity index (χ0) is 15.8. The summed E-state index contributed by atoms with van der Waals surface area (Å²) in [5, 5.41) is 9.32. The molecule has 0 saturated heterocycles. The molecule has 0 bridgehead atoms. The number of carbonyl (C=O) groups excluding carboxylic acids is 1. The molecule has 1 atom stereocenters. The van der Waals surface area contributed by atoms with Gasteiger partial charge in [-0.1, -0.05) is 30.3 Å². The monoisotopic (exact) mass is 301 g/mol. The molecule has 5 heteroatoms. The number of hydrogen-bond donors (Lipinski definition) is 2. The molecule has 0 aromatic heterocycles. The van der Waals surface area contributed by atoms with Crippen LogP contribution in [0.4, 0.5) is 0 Å². The fourth-order valence-electron chi connectivity index (χ4n) is 1.75. The highest BCUT2D eigenvalue weighted by Gasteiger charge is 2.08. The standard InChI is InChI=1S/C17H19NO4/c18-10-15(19)12-21-16-8-6-14(7-9-16)17(20)22-11-13-4-2-1-3-5-13/h1-9,15,19H,10-12,18H2/t15-/m0/s1. The number of nitrogens with two attached hydrogens (primary N) is 1. The lowest BCUT2D eigenvalue weighted by Crippen LogP contribution is -2.26. The Labute approximate surface area is 129 Å². The normalized spacial score (nSPS) is 11.7. The first-order valence-corrected chi connectivity index (χ1v) is 7.01. The summed E-state index contributed by atoms with van der Waals surface area (Å²) >= 11 is 0. The summed E-state index contributed by atoms with van der Waals surface area (Å²) in [6.07, 6.45) is -0.699. The van der Waals surface area contributed by atoms with Gasteiger partial charge in [-0.3, -0.25) is 0 Å². The van der Waals surface area contributed by atoms with Crippen LogP contribution in [0.3, 0.4) is 0 Å². The lowest BCUT2D eigenvalue weighted by molar-refractivity contribution is 0.0472. The topological polar surface area (TPSA) is 81.8 Å². The van der Waals surface area contributed by atoms with E-state index >= 15 is 0 Å². The molecule has 2 aromatic carbocycles. The molecular weight excluding hydrogens is 282 g/mol. The maximum absolute atomic E-state index is 11.9. The highest BCUT2D eigenvalue weighted by Crippen LogP contribution is 2.14. The van der Waals surface area contributed by atoms with Crippen molar-refractivity contribution in [1.29, 1.82) is 0 Å². The van der Waals surface area contributed by atoms with Crippen LogP contribution in [0.25, 0.3) is 0 Å². The lowest BCUT2D eigenvalue weighted by Gasteiger charge is -2.10. The first kappa shape index (κ1) is 16.0. The van der Waals surface area contributed by atoms with Crippen LogP contribution in [0.1, 0.15) is 15.9 Å². The summed E-state index contributed by atoms with van der Waals surface area (Å²) in [6.45, 7) is 0.499. The number of esters is 1. The molecule has 0 aliphatic rings. The van der Waals surface area contributed by atoms with Gasteiger partial charge in [0.15, 0.2) is 0 Å². The Hall–Kier alpha value is -2.37. The van der Waals surface area contributed by atoms with Gasteiger partial charge in [0, 0.05) is 6.54 Å². The van der Waals surface area contributed by atoms with E-state index in [1.54, 1.807) is 24.3 Å². The van der Waals surface area contributed by atoms with E-state index in [1.807, 2.05) is 30.3 Å². The van der Waals surface area contributed by atoms with E-state index in [1.165, 1.54) is 0 Å². The molecule has 0 amide bonds. The number of aliphatic hydroxyl groups excluding tert-OH is 1. The molecule has 0 aliphatic carbocycles. The number of aliphatic hydroxyl groups is 1. The van der Waals surface area contributed by atoms with Crippen molar-refractivity contribution in [2.75, 3.05) is 13.2 Å². The van der Waals surface area contributed by atoms with Gasteiger partial charge in [-0.2, -0.15) is 0 Å². The largest absolute Gasteiger partial charge is 0.491 e. The molecule has 0 spiro atoms. The average molecular weight is 301 g/mol. The minimum atomic E-state index is -0.699. The van der Waals surface area contributed by atoms with Gasteiger partial charge >= 0.3 is 5.97 Å². The Morgan fingerprint density at radius 2 is 1.77 bits per heavy atom. The van der Waals surface area contributed by atoms with Crippen molar-refractivity contribution in [2.24, 2.45) is 5.73 Å². The van der Waals surface area contributed by atoms with Crippen LogP contribution in [0.15, 0.2) is 54.6 Å². The average Bonchev–Trinajstić information content (AvgIpc) is 2.59. The van der Waals surface area contributed by atoms with Gasteiger partial charge in [0.1, 0.15) is 25.1 Å². The van der Waals surface area contributed by atoms with Gasteiger partial charge in [-0.05, 0) is 29.8 Å². The number of benzene rings is 2. The summed E-state index contributed by atoms with van der Waals surface area (Å²) in [5.41, 5.74) is 6.67. The molecule has 0 saturated carbocycles. The number of carbonyl (C=O) groups is 1. The molecule has 2 aromatic rings. The minimum absolute atomic E-state index is 0.119. The van der Waals surface area contributed by atoms with Gasteiger partial charge in [0.05, 0.1) is 5.56 Å². The molecule has 5 nitrogen and oxygen atoms in total. The Kier molecular flexibility index (Phi) is 5.94. The second-order valence-corrected chi connectivity index (χ2v) is 4.79. The highest BCUT2D eigenvalue weighted by atomic mass is 16.5. The molecule has 116 valence electrons. The molecular formula is C17H19NO4. The van der Waals surface area contributed by atoms with Crippen molar-refractivity contribution in [1.82, 2.24) is 0 Å². The van der Waals surface area contributed by atoms with Crippen LogP contribution >= 0.6 is 0 Å². The second-order valence-electron chi connectivity index (χ2n) is 4.79.